The predicted octanol–water partition coefficient (Wildman–Crippen LogP) is 1.83. The fourth-order valence-corrected chi connectivity index (χ4v) is 6.12. The molecule has 5 rings (SSSR count). The number of hydrogen-bond donors (Lipinski definition) is 1. The molecular weight excluding hydrogens is 318 g/mol. The zero-order valence-electron chi connectivity index (χ0n) is 14.9. The van der Waals surface area contributed by atoms with Gasteiger partial charge in [0.2, 0.25) is 0 Å². The van der Waals surface area contributed by atoms with Crippen LogP contribution in [0.2, 0.25) is 0 Å². The second-order valence-electron chi connectivity index (χ2n) is 8.00. The van der Waals surface area contributed by atoms with Crippen molar-refractivity contribution in [1.82, 2.24) is 4.90 Å². The number of piperidine rings is 1. The number of carbonyl (C=O) groups excluding carboxylic acids is 1. The topological polar surface area (TPSA) is 59.0 Å². The maximum Gasteiger partial charge on any atom is 0.174 e. The van der Waals surface area contributed by atoms with Gasteiger partial charge in [0, 0.05) is 18.0 Å². The lowest BCUT2D eigenvalue weighted by Crippen LogP contribution is -2.76. The van der Waals surface area contributed by atoms with Crippen molar-refractivity contribution in [2.45, 2.75) is 62.2 Å². The van der Waals surface area contributed by atoms with Gasteiger partial charge in [-0.05, 0) is 50.4 Å². The monoisotopic (exact) mass is 343 g/mol. The van der Waals surface area contributed by atoms with Crippen LogP contribution >= 0.6 is 0 Å². The normalized spacial score (nSPS) is 38.3. The Bertz CT molecular complexity index is 762. The molecule has 25 heavy (non-hydrogen) atoms. The number of ether oxygens (including phenoxy) is 2. The minimum absolute atomic E-state index is 0.0623. The summed E-state index contributed by atoms with van der Waals surface area (Å²) in [5.41, 5.74) is 0.765. The molecule has 2 aliphatic carbocycles. The van der Waals surface area contributed by atoms with Gasteiger partial charge in [-0.2, -0.15) is 0 Å². The first-order chi connectivity index (χ1) is 12.1. The van der Waals surface area contributed by atoms with Gasteiger partial charge in [0.25, 0.3) is 0 Å². The number of benzene rings is 1. The minimum atomic E-state index is -0.899. The van der Waals surface area contributed by atoms with Crippen molar-refractivity contribution in [3.8, 4) is 11.5 Å². The first kappa shape index (κ1) is 15.6. The van der Waals surface area contributed by atoms with Crippen molar-refractivity contribution in [2.24, 2.45) is 0 Å². The molecule has 1 spiro atoms. The molecule has 2 bridgehead atoms. The molecule has 1 N–H and O–H groups in total. The highest BCUT2D eigenvalue weighted by Crippen LogP contribution is 2.64. The summed E-state index contributed by atoms with van der Waals surface area (Å²) >= 11 is 0. The third-order valence-corrected chi connectivity index (χ3v) is 7.08. The van der Waals surface area contributed by atoms with Crippen molar-refractivity contribution < 1.29 is 19.4 Å². The molecule has 0 radical (unpaired) electrons. The van der Waals surface area contributed by atoms with Crippen LogP contribution in [0.25, 0.3) is 0 Å². The lowest BCUT2D eigenvalue weighted by atomic mass is 9.49. The van der Waals surface area contributed by atoms with Crippen molar-refractivity contribution >= 4 is 5.78 Å². The molecule has 2 aliphatic heterocycles. The molecule has 0 unspecified atom stereocenters. The lowest BCUT2D eigenvalue weighted by Gasteiger charge is -2.62. The number of nitrogens with zero attached hydrogens (tertiary/aromatic N) is 1. The van der Waals surface area contributed by atoms with Crippen LogP contribution in [-0.4, -0.2) is 53.7 Å². The molecule has 134 valence electrons. The highest BCUT2D eigenvalue weighted by atomic mass is 16.5. The van der Waals surface area contributed by atoms with E-state index in [2.05, 4.69) is 17.9 Å². The molecule has 2 fully saturated rings. The first-order valence-electron chi connectivity index (χ1n) is 9.43. The van der Waals surface area contributed by atoms with Gasteiger partial charge in [0.1, 0.15) is 0 Å². The molecule has 0 aromatic heterocycles. The van der Waals surface area contributed by atoms with E-state index in [1.54, 1.807) is 7.11 Å². The number of rotatable bonds is 3. The standard InChI is InChI=1S/C20H25NO4/c1-3-9-21-10-8-19-16-12-4-5-14(24-2)17(16)25-18(19)13(22)6-7-20(19,23)15(21)11-12/h4-5,15,18,23H,3,6-11H2,1-2H3/t15-,18+,19+,20-/m1/s1. The van der Waals surface area contributed by atoms with E-state index in [9.17, 15) is 9.90 Å². The summed E-state index contributed by atoms with van der Waals surface area (Å²) in [6.45, 7) is 4.07. The molecule has 4 aliphatic rings. The van der Waals surface area contributed by atoms with E-state index in [1.165, 1.54) is 5.56 Å². The molecule has 1 saturated carbocycles. The van der Waals surface area contributed by atoms with Crippen LogP contribution in [0.15, 0.2) is 12.1 Å². The van der Waals surface area contributed by atoms with Crippen molar-refractivity contribution in [3.05, 3.63) is 23.3 Å². The number of aliphatic hydroxyl groups is 1. The number of hydrogen-bond acceptors (Lipinski definition) is 5. The van der Waals surface area contributed by atoms with E-state index in [1.807, 2.05) is 6.07 Å². The lowest BCUT2D eigenvalue weighted by molar-refractivity contribution is -0.188. The average molecular weight is 343 g/mol. The number of methoxy groups -OCH3 is 1. The van der Waals surface area contributed by atoms with Crippen LogP contribution in [0.4, 0.5) is 0 Å². The minimum Gasteiger partial charge on any atom is -0.493 e. The summed E-state index contributed by atoms with van der Waals surface area (Å²) in [4.78, 5) is 15.2. The summed E-state index contributed by atoms with van der Waals surface area (Å²) in [5.74, 6) is 1.49. The maximum atomic E-state index is 12.8. The molecule has 0 amide bonds. The van der Waals surface area contributed by atoms with E-state index in [-0.39, 0.29) is 11.8 Å². The summed E-state index contributed by atoms with van der Waals surface area (Å²) in [6.07, 6.45) is 3.01. The highest BCUT2D eigenvalue weighted by molar-refractivity contribution is 5.90. The summed E-state index contributed by atoms with van der Waals surface area (Å²) in [5, 5.41) is 12.0. The Morgan fingerprint density at radius 2 is 2.24 bits per heavy atom. The van der Waals surface area contributed by atoms with Gasteiger partial charge in [-0.25, -0.2) is 0 Å². The SMILES string of the molecule is CCCN1CC[C@]23c4c5ccc(OC)c4O[C@H]2C(=O)CC[C@@]3(O)[C@H]1C5. The van der Waals surface area contributed by atoms with Crippen LogP contribution in [0.5, 0.6) is 11.5 Å². The number of Topliss-reactive ketones (excluding diaryl/α,β-unsaturated/α-hetero) is 1. The van der Waals surface area contributed by atoms with E-state index in [4.69, 9.17) is 9.47 Å². The molecule has 4 atom stereocenters. The fourth-order valence-electron chi connectivity index (χ4n) is 6.12. The highest BCUT2D eigenvalue weighted by Gasteiger charge is 2.73. The van der Waals surface area contributed by atoms with Gasteiger partial charge in [0.05, 0.1) is 18.1 Å². The average Bonchev–Trinajstić information content (AvgIpc) is 2.96. The maximum absolute atomic E-state index is 12.8. The van der Waals surface area contributed by atoms with Crippen LogP contribution < -0.4 is 9.47 Å². The Hall–Kier alpha value is -1.59. The molecule has 5 heteroatoms. The largest absolute Gasteiger partial charge is 0.493 e. The van der Waals surface area contributed by atoms with Gasteiger partial charge in [-0.15, -0.1) is 0 Å². The van der Waals surface area contributed by atoms with Gasteiger partial charge < -0.3 is 14.6 Å². The van der Waals surface area contributed by atoms with E-state index in [0.717, 1.165) is 37.9 Å². The number of carbonyl (C=O) groups is 1. The van der Waals surface area contributed by atoms with Gasteiger partial charge in [0.15, 0.2) is 23.4 Å². The smallest absolute Gasteiger partial charge is 0.174 e. The van der Waals surface area contributed by atoms with Crippen molar-refractivity contribution in [1.29, 1.82) is 0 Å². The molecule has 1 saturated heterocycles. The Balaban J connectivity index is 1.77. The van der Waals surface area contributed by atoms with Gasteiger partial charge in [-0.3, -0.25) is 9.69 Å². The zero-order valence-corrected chi connectivity index (χ0v) is 14.9. The van der Waals surface area contributed by atoms with Crippen LogP contribution in [0.1, 0.15) is 43.7 Å². The Kier molecular flexibility index (Phi) is 3.12. The summed E-state index contributed by atoms with van der Waals surface area (Å²) < 4.78 is 11.7. The zero-order chi connectivity index (χ0) is 17.4. The third-order valence-electron chi connectivity index (χ3n) is 7.08. The van der Waals surface area contributed by atoms with Crippen molar-refractivity contribution in [3.63, 3.8) is 0 Å². The first-order valence-corrected chi connectivity index (χ1v) is 9.43. The van der Waals surface area contributed by atoms with E-state index < -0.39 is 17.1 Å². The van der Waals surface area contributed by atoms with E-state index in [0.29, 0.717) is 24.3 Å². The van der Waals surface area contributed by atoms with Gasteiger partial charge in [-0.1, -0.05) is 13.0 Å². The Morgan fingerprint density at radius 1 is 1.40 bits per heavy atom. The summed E-state index contributed by atoms with van der Waals surface area (Å²) in [6, 6.07) is 4.11. The second-order valence-corrected chi connectivity index (χ2v) is 8.00. The van der Waals surface area contributed by atoms with Crippen LogP contribution in [-0.2, 0) is 16.6 Å². The van der Waals surface area contributed by atoms with Crippen molar-refractivity contribution in [2.75, 3.05) is 20.2 Å². The fraction of sp³-hybridized carbons (Fsp3) is 0.650. The quantitative estimate of drug-likeness (QED) is 0.907. The number of likely N-dealkylation sites (tertiary alicyclic amines) is 1. The van der Waals surface area contributed by atoms with Crippen LogP contribution in [0, 0.1) is 0 Å². The van der Waals surface area contributed by atoms with E-state index >= 15 is 0 Å². The molecular formula is C20H25NO4. The third kappa shape index (κ3) is 1.64. The number of ketones is 1. The molecule has 5 nitrogen and oxygen atoms in total. The Labute approximate surface area is 147 Å². The molecule has 1 aromatic carbocycles. The summed E-state index contributed by atoms with van der Waals surface area (Å²) in [7, 11) is 1.63. The molecule has 2 heterocycles. The van der Waals surface area contributed by atoms with Crippen LogP contribution in [0.3, 0.4) is 0 Å². The Morgan fingerprint density at radius 3 is 3.00 bits per heavy atom. The molecule has 1 aromatic rings. The predicted molar refractivity (Wildman–Crippen MR) is 92.3 cm³/mol. The van der Waals surface area contributed by atoms with Gasteiger partial charge >= 0.3 is 0 Å². The second kappa shape index (κ2) is 4.98.